The minimum absolute atomic E-state index is 0.00415. The average Bonchev–Trinajstić information content (AvgIpc) is 2.90. The van der Waals surface area contributed by atoms with Gasteiger partial charge in [-0.15, -0.1) is 0 Å². The van der Waals surface area contributed by atoms with Gasteiger partial charge in [0.2, 0.25) is 0 Å². The lowest BCUT2D eigenvalue weighted by Gasteiger charge is -2.40. The first-order chi connectivity index (χ1) is 17.7. The topological polar surface area (TPSA) is 89.3 Å². The van der Waals surface area contributed by atoms with E-state index in [-0.39, 0.29) is 41.2 Å². The first-order valence-corrected chi connectivity index (χ1v) is 12.6. The molecule has 0 bridgehead atoms. The Morgan fingerprint density at radius 1 is 1.27 bits per heavy atom. The van der Waals surface area contributed by atoms with Gasteiger partial charge in [0.25, 0.3) is 11.5 Å². The van der Waals surface area contributed by atoms with Crippen LogP contribution in [-0.4, -0.2) is 50.6 Å². The standard InChI is InChI=1S/C25H29F2N5O3.C2H6/c1-5-17-12-35-11-14(2)32(17)25(34)20-9-19-22(29-13-30-23(19)31(4)24(20)33)28-10-16-7-6-8-18(15(3)26)21(16)27;1-2/h6-9,13-15,17H,5,10-12H2,1-4H3,(H,28,29,30);1-2H3. The zero-order chi connectivity index (χ0) is 27.3. The number of nitrogens with one attached hydrogen (secondary N) is 1. The number of nitrogens with zero attached hydrogens (tertiary/aromatic N) is 4. The molecule has 2 aromatic heterocycles. The Morgan fingerprint density at radius 2 is 2.00 bits per heavy atom. The van der Waals surface area contributed by atoms with Gasteiger partial charge in [-0.2, -0.15) is 0 Å². The number of carbonyl (C=O) groups is 1. The fraction of sp³-hybridized carbons (Fsp3) is 0.481. The number of ether oxygens (including phenoxy) is 1. The van der Waals surface area contributed by atoms with E-state index in [1.54, 1.807) is 24.1 Å². The summed E-state index contributed by atoms with van der Waals surface area (Å²) in [5.74, 6) is -0.663. The fourth-order valence-corrected chi connectivity index (χ4v) is 4.50. The number of alkyl halides is 1. The predicted octanol–water partition coefficient (Wildman–Crippen LogP) is 4.78. The van der Waals surface area contributed by atoms with Crippen molar-refractivity contribution < 1.29 is 18.3 Å². The van der Waals surface area contributed by atoms with Gasteiger partial charge in [-0.1, -0.05) is 39.0 Å². The lowest BCUT2D eigenvalue weighted by Crippen LogP contribution is -2.54. The first kappa shape index (κ1) is 28.2. The van der Waals surface area contributed by atoms with Crippen LogP contribution in [0.2, 0.25) is 0 Å². The summed E-state index contributed by atoms with van der Waals surface area (Å²) in [5.41, 5.74) is 0.128. The second-order valence-electron chi connectivity index (χ2n) is 8.83. The highest BCUT2D eigenvalue weighted by Crippen LogP contribution is 2.25. The molecule has 1 aliphatic heterocycles. The Balaban J connectivity index is 0.00000186. The van der Waals surface area contributed by atoms with Crippen LogP contribution in [0.15, 0.2) is 35.4 Å². The zero-order valence-corrected chi connectivity index (χ0v) is 22.2. The molecular formula is C27H35F2N5O3. The summed E-state index contributed by atoms with van der Waals surface area (Å²) in [4.78, 5) is 36.9. The molecule has 1 saturated heterocycles. The van der Waals surface area contributed by atoms with Crippen LogP contribution in [0.3, 0.4) is 0 Å². The number of fused-ring (bicyclic) bond motifs is 1. The van der Waals surface area contributed by atoms with E-state index in [0.717, 1.165) is 0 Å². The Bertz CT molecular complexity index is 1310. The molecule has 1 N–H and O–H groups in total. The maximum atomic E-state index is 14.7. The number of hydrogen-bond acceptors (Lipinski definition) is 6. The molecular weight excluding hydrogens is 480 g/mol. The van der Waals surface area contributed by atoms with Crippen molar-refractivity contribution in [1.82, 2.24) is 19.4 Å². The summed E-state index contributed by atoms with van der Waals surface area (Å²) < 4.78 is 35.3. The molecule has 8 nitrogen and oxygen atoms in total. The number of hydrogen-bond donors (Lipinski definition) is 1. The maximum Gasteiger partial charge on any atom is 0.264 e. The number of aryl methyl sites for hydroxylation is 1. The monoisotopic (exact) mass is 515 g/mol. The largest absolute Gasteiger partial charge is 0.377 e. The number of rotatable bonds is 6. The molecule has 0 spiro atoms. The molecule has 10 heteroatoms. The Hall–Kier alpha value is -3.40. The lowest BCUT2D eigenvalue weighted by atomic mass is 10.1. The molecule has 0 aliphatic carbocycles. The van der Waals surface area contributed by atoms with Crippen molar-refractivity contribution in [3.63, 3.8) is 0 Å². The van der Waals surface area contributed by atoms with E-state index in [1.807, 2.05) is 27.7 Å². The fourth-order valence-electron chi connectivity index (χ4n) is 4.50. The van der Waals surface area contributed by atoms with E-state index in [9.17, 15) is 18.4 Å². The van der Waals surface area contributed by atoms with Gasteiger partial charge in [0.15, 0.2) is 0 Å². The molecule has 200 valence electrons. The van der Waals surface area contributed by atoms with Crippen molar-refractivity contribution in [1.29, 1.82) is 0 Å². The van der Waals surface area contributed by atoms with Gasteiger partial charge in [0, 0.05) is 24.7 Å². The minimum Gasteiger partial charge on any atom is -0.377 e. The molecule has 3 heterocycles. The number of anilines is 1. The van der Waals surface area contributed by atoms with Gasteiger partial charge >= 0.3 is 0 Å². The minimum atomic E-state index is -1.44. The third-order valence-electron chi connectivity index (χ3n) is 6.46. The maximum absolute atomic E-state index is 14.7. The molecule has 3 aromatic rings. The Labute approximate surface area is 215 Å². The van der Waals surface area contributed by atoms with Crippen molar-refractivity contribution in [3.05, 3.63) is 63.5 Å². The van der Waals surface area contributed by atoms with Crippen molar-refractivity contribution in [3.8, 4) is 0 Å². The van der Waals surface area contributed by atoms with E-state index in [2.05, 4.69) is 15.3 Å². The van der Waals surface area contributed by atoms with E-state index < -0.39 is 17.5 Å². The molecule has 3 atom stereocenters. The summed E-state index contributed by atoms with van der Waals surface area (Å²) in [6.45, 7) is 9.99. The first-order valence-electron chi connectivity index (χ1n) is 12.6. The summed E-state index contributed by atoms with van der Waals surface area (Å²) in [6.07, 6.45) is 0.550. The van der Waals surface area contributed by atoms with Crippen LogP contribution in [0.1, 0.15) is 68.7 Å². The van der Waals surface area contributed by atoms with Crippen molar-refractivity contribution >= 4 is 22.8 Å². The number of morpholine rings is 1. The third kappa shape index (κ3) is 5.64. The highest BCUT2D eigenvalue weighted by molar-refractivity contribution is 5.99. The quantitative estimate of drug-likeness (QED) is 0.509. The second-order valence-corrected chi connectivity index (χ2v) is 8.83. The predicted molar refractivity (Wildman–Crippen MR) is 140 cm³/mol. The Kier molecular flexibility index (Phi) is 9.31. The van der Waals surface area contributed by atoms with Crippen LogP contribution in [0.25, 0.3) is 11.0 Å². The van der Waals surface area contributed by atoms with Crippen LogP contribution >= 0.6 is 0 Å². The summed E-state index contributed by atoms with van der Waals surface area (Å²) in [6, 6.07) is 5.75. The molecule has 0 radical (unpaired) electrons. The van der Waals surface area contributed by atoms with Crippen molar-refractivity contribution in [2.45, 2.75) is 65.8 Å². The van der Waals surface area contributed by atoms with E-state index in [4.69, 9.17) is 4.74 Å². The summed E-state index contributed by atoms with van der Waals surface area (Å²) >= 11 is 0. The zero-order valence-electron chi connectivity index (χ0n) is 22.2. The van der Waals surface area contributed by atoms with Gasteiger partial charge in [0.1, 0.15) is 35.3 Å². The number of aromatic nitrogens is 3. The van der Waals surface area contributed by atoms with Crippen LogP contribution in [0.5, 0.6) is 0 Å². The molecule has 4 rings (SSSR count). The molecule has 0 saturated carbocycles. The number of pyridine rings is 1. The van der Waals surface area contributed by atoms with Crippen LogP contribution in [-0.2, 0) is 18.3 Å². The van der Waals surface area contributed by atoms with Crippen LogP contribution < -0.4 is 10.9 Å². The normalized spacial score (nSPS) is 18.2. The lowest BCUT2D eigenvalue weighted by molar-refractivity contribution is -0.0314. The smallest absolute Gasteiger partial charge is 0.264 e. The van der Waals surface area contributed by atoms with Gasteiger partial charge in [-0.25, -0.2) is 18.7 Å². The molecule has 37 heavy (non-hydrogen) atoms. The Morgan fingerprint density at radius 3 is 2.68 bits per heavy atom. The van der Waals surface area contributed by atoms with Crippen molar-refractivity contribution in [2.24, 2.45) is 7.05 Å². The third-order valence-corrected chi connectivity index (χ3v) is 6.46. The molecule has 3 unspecified atom stereocenters. The SMILES string of the molecule is CC.CCC1COCC(C)N1C(=O)c1cc2c(NCc3cccc(C(C)F)c3F)ncnc2n(C)c1=O. The summed E-state index contributed by atoms with van der Waals surface area (Å²) in [5, 5.41) is 3.50. The number of benzene rings is 1. The molecule has 1 aliphatic rings. The van der Waals surface area contributed by atoms with Crippen molar-refractivity contribution in [2.75, 3.05) is 18.5 Å². The van der Waals surface area contributed by atoms with E-state index in [0.29, 0.717) is 36.5 Å². The van der Waals surface area contributed by atoms with Gasteiger partial charge < -0.3 is 15.0 Å². The number of halogens is 2. The van der Waals surface area contributed by atoms with Crippen LogP contribution in [0, 0.1) is 5.82 Å². The average molecular weight is 516 g/mol. The number of amides is 1. The van der Waals surface area contributed by atoms with Gasteiger partial charge in [-0.3, -0.25) is 14.2 Å². The second kappa shape index (κ2) is 12.2. The van der Waals surface area contributed by atoms with Gasteiger partial charge in [-0.05, 0) is 26.3 Å². The molecule has 1 fully saturated rings. The van der Waals surface area contributed by atoms with Gasteiger partial charge in [0.05, 0.1) is 30.7 Å². The highest BCUT2D eigenvalue weighted by atomic mass is 19.1. The molecule has 1 aromatic carbocycles. The summed E-state index contributed by atoms with van der Waals surface area (Å²) in [7, 11) is 1.55. The highest BCUT2D eigenvalue weighted by Gasteiger charge is 2.33. The van der Waals surface area contributed by atoms with E-state index >= 15 is 0 Å². The van der Waals surface area contributed by atoms with E-state index in [1.165, 1.54) is 30.0 Å². The number of carbonyl (C=O) groups excluding carboxylic acids is 1. The van der Waals surface area contributed by atoms with Crippen LogP contribution in [0.4, 0.5) is 14.6 Å². The molecule has 1 amide bonds.